The van der Waals surface area contributed by atoms with Gasteiger partial charge in [0.2, 0.25) is 0 Å². The van der Waals surface area contributed by atoms with Gasteiger partial charge in [0.25, 0.3) is 0 Å². The van der Waals surface area contributed by atoms with Crippen molar-refractivity contribution in [1.29, 1.82) is 0 Å². The molecule has 144 valence electrons. The van der Waals surface area contributed by atoms with Gasteiger partial charge in [-0.2, -0.15) is 0 Å². The predicted molar refractivity (Wildman–Crippen MR) is 96.3 cm³/mol. The van der Waals surface area contributed by atoms with Crippen LogP contribution in [0.5, 0.6) is 0 Å². The number of anilines is 2. The summed E-state index contributed by atoms with van der Waals surface area (Å²) in [6, 6.07) is 17.6. The number of halogens is 5. The molecule has 0 heterocycles. The topological polar surface area (TPSA) is 15.6 Å². The third-order valence-corrected chi connectivity index (χ3v) is 4.61. The summed E-state index contributed by atoms with van der Waals surface area (Å²) in [5.74, 6) is -10.1. The average Bonchev–Trinajstić information content (AvgIpc) is 2.75. The van der Waals surface area contributed by atoms with Crippen LogP contribution in [0.1, 0.15) is 12.5 Å². The van der Waals surface area contributed by atoms with Crippen molar-refractivity contribution in [3.8, 4) is 0 Å². The summed E-state index contributed by atoms with van der Waals surface area (Å²) in [6.45, 7) is 1.50. The number of benzene rings is 3. The normalized spacial score (nSPS) is 11.9. The van der Waals surface area contributed by atoms with Gasteiger partial charge in [-0.3, -0.25) is 0 Å². The summed E-state index contributed by atoms with van der Waals surface area (Å²) in [7, 11) is 0. The number of hydrogen-bond acceptors (Lipinski definition) is 2. The molecular formula is C21H13F5N2Ti+2. The molecule has 29 heavy (non-hydrogen) atoms. The van der Waals surface area contributed by atoms with Gasteiger partial charge in [-0.1, -0.05) is 0 Å². The number of hydrogen-bond donors (Lipinski definition) is 0. The Morgan fingerprint density at radius 2 is 1.07 bits per heavy atom. The molecule has 0 aliphatic heterocycles. The van der Waals surface area contributed by atoms with Gasteiger partial charge in [0.05, 0.1) is 0 Å². The van der Waals surface area contributed by atoms with Crippen LogP contribution in [0.2, 0.25) is 0 Å². The first-order valence-electron chi connectivity index (χ1n) is 8.38. The van der Waals surface area contributed by atoms with E-state index in [9.17, 15) is 22.0 Å². The van der Waals surface area contributed by atoms with Crippen LogP contribution in [0.4, 0.5) is 33.3 Å². The Morgan fingerprint density at radius 1 is 0.690 bits per heavy atom. The van der Waals surface area contributed by atoms with E-state index < -0.39 is 34.6 Å². The van der Waals surface area contributed by atoms with Gasteiger partial charge < -0.3 is 0 Å². The van der Waals surface area contributed by atoms with Crippen LogP contribution in [0.25, 0.3) is 5.70 Å². The van der Waals surface area contributed by atoms with Crippen molar-refractivity contribution >= 4 is 17.1 Å². The SMILES string of the molecule is C/C(=C(\[N]=[Ti+2])c1c(F)c(F)c(F)c(F)c1F)N(c1ccccc1)c1ccccc1. The Bertz CT molecular complexity index is 1020. The van der Waals surface area contributed by atoms with Gasteiger partial charge in [-0.25, -0.2) is 0 Å². The van der Waals surface area contributed by atoms with Crippen LogP contribution in [-0.4, -0.2) is 0 Å². The number of allylic oxidation sites excluding steroid dienone is 1. The van der Waals surface area contributed by atoms with E-state index in [1.165, 1.54) is 27.2 Å². The maximum atomic E-state index is 14.4. The van der Waals surface area contributed by atoms with Gasteiger partial charge in [0.15, 0.2) is 0 Å². The first kappa shape index (κ1) is 21.1. The quantitative estimate of drug-likeness (QED) is 0.190. The van der Waals surface area contributed by atoms with Crippen molar-refractivity contribution in [2.45, 2.75) is 6.92 Å². The molecule has 0 aliphatic carbocycles. The van der Waals surface area contributed by atoms with E-state index in [1.807, 2.05) is 0 Å². The predicted octanol–water partition coefficient (Wildman–Crippen LogP) is 6.64. The van der Waals surface area contributed by atoms with Crippen LogP contribution in [0, 0.1) is 29.1 Å². The fourth-order valence-corrected chi connectivity index (χ4v) is 3.35. The fraction of sp³-hybridized carbons (Fsp3) is 0.0476. The summed E-state index contributed by atoms with van der Waals surface area (Å²) in [5, 5.41) is 0. The summed E-state index contributed by atoms with van der Waals surface area (Å²) in [4.78, 5) is 1.63. The molecule has 0 fully saturated rings. The Hall–Kier alpha value is -2.64. The van der Waals surface area contributed by atoms with Gasteiger partial charge in [0.1, 0.15) is 0 Å². The molecular weight excluding hydrogens is 423 g/mol. The Morgan fingerprint density at radius 3 is 1.45 bits per heavy atom. The van der Waals surface area contributed by atoms with Gasteiger partial charge in [-0.15, -0.1) is 0 Å². The molecule has 0 saturated heterocycles. The summed E-state index contributed by atoms with van der Waals surface area (Å²) >= 11 is 1.23. The first-order chi connectivity index (χ1) is 13.9. The Kier molecular flexibility index (Phi) is 6.40. The van der Waals surface area contributed by atoms with Crippen LogP contribution < -0.4 is 4.90 Å². The zero-order chi connectivity index (χ0) is 21.1. The van der Waals surface area contributed by atoms with Crippen molar-refractivity contribution < 1.29 is 42.2 Å². The second-order valence-electron chi connectivity index (χ2n) is 6.00. The fourth-order valence-electron chi connectivity index (χ4n) is 2.93. The molecule has 3 aromatic carbocycles. The van der Waals surface area contributed by atoms with E-state index >= 15 is 0 Å². The first-order valence-corrected chi connectivity index (χ1v) is 9.08. The molecule has 0 saturated carbocycles. The number of nitrogens with zero attached hydrogens (tertiary/aromatic N) is 2. The molecule has 3 aromatic rings. The summed E-state index contributed by atoms with van der Waals surface area (Å²) in [5.41, 5.74) is 0.0133. The molecule has 0 atom stereocenters. The Balaban J connectivity index is 2.33. The van der Waals surface area contributed by atoms with E-state index in [0.29, 0.717) is 11.4 Å². The molecule has 0 aliphatic rings. The van der Waals surface area contributed by atoms with Crippen molar-refractivity contribution in [2.24, 2.45) is 3.42 Å². The van der Waals surface area contributed by atoms with Gasteiger partial charge in [0, 0.05) is 0 Å². The molecule has 0 aromatic heterocycles. The van der Waals surface area contributed by atoms with Crippen molar-refractivity contribution in [3.63, 3.8) is 0 Å². The average molecular weight is 436 g/mol. The zero-order valence-electron chi connectivity index (χ0n) is 15.1. The molecule has 0 bridgehead atoms. The molecule has 8 heteroatoms. The minimum absolute atomic E-state index is 0.188. The molecule has 0 spiro atoms. The van der Waals surface area contributed by atoms with Gasteiger partial charge in [-0.05, 0) is 0 Å². The van der Waals surface area contributed by atoms with E-state index in [-0.39, 0.29) is 11.4 Å². The van der Waals surface area contributed by atoms with Crippen molar-refractivity contribution in [1.82, 2.24) is 0 Å². The summed E-state index contributed by atoms with van der Waals surface area (Å²) < 4.78 is 73.7. The second kappa shape index (κ2) is 8.80. The van der Waals surface area contributed by atoms with Crippen molar-refractivity contribution in [3.05, 3.63) is 101 Å². The Labute approximate surface area is 175 Å². The molecule has 0 unspecified atom stereocenters. The number of para-hydroxylation sites is 2. The zero-order valence-corrected chi connectivity index (χ0v) is 16.6. The third kappa shape index (κ3) is 3.93. The van der Waals surface area contributed by atoms with Crippen LogP contribution in [0.3, 0.4) is 0 Å². The van der Waals surface area contributed by atoms with E-state index in [4.69, 9.17) is 0 Å². The molecule has 0 N–H and O–H groups in total. The van der Waals surface area contributed by atoms with Crippen molar-refractivity contribution in [2.75, 3.05) is 4.90 Å². The second-order valence-corrected chi connectivity index (χ2v) is 6.35. The molecule has 3 rings (SSSR count). The molecule has 0 radical (unpaired) electrons. The van der Waals surface area contributed by atoms with Crippen LogP contribution in [-0.2, 0) is 20.3 Å². The maximum absolute atomic E-state index is 14.4. The standard InChI is InChI=1S/C21H13F5N2.Ti/c1-12(21(27)15-16(22)18(24)20(26)19(25)17(15)23)28(13-8-4-2-5-9-13)14-10-6-3-7-11-14;/h2-11H,1H3;/q;+2/b21-12+;. The van der Waals surface area contributed by atoms with E-state index in [1.54, 1.807) is 65.6 Å². The number of rotatable bonds is 5. The monoisotopic (exact) mass is 436 g/mol. The molecule has 2 nitrogen and oxygen atoms in total. The third-order valence-electron chi connectivity index (χ3n) is 4.27. The molecule has 0 amide bonds. The van der Waals surface area contributed by atoms with Gasteiger partial charge >= 0.3 is 176 Å². The van der Waals surface area contributed by atoms with E-state index in [0.717, 1.165) is 0 Å². The van der Waals surface area contributed by atoms with Crippen LogP contribution >= 0.6 is 0 Å². The minimum atomic E-state index is -2.21. The van der Waals surface area contributed by atoms with Crippen LogP contribution in [0.15, 0.2) is 69.8 Å². The van der Waals surface area contributed by atoms with E-state index in [2.05, 4.69) is 3.42 Å². The summed E-state index contributed by atoms with van der Waals surface area (Å²) in [6.07, 6.45) is 0.